The second-order valence-electron chi connectivity index (χ2n) is 4.98. The zero-order chi connectivity index (χ0) is 13.1. The van der Waals surface area contributed by atoms with E-state index >= 15 is 0 Å². The first kappa shape index (κ1) is 12.9. The summed E-state index contributed by atoms with van der Waals surface area (Å²) in [4.78, 5) is 14.4. The Labute approximate surface area is 108 Å². The summed E-state index contributed by atoms with van der Waals surface area (Å²) in [5, 5.41) is 2.97. The lowest BCUT2D eigenvalue weighted by molar-refractivity contribution is -0.120. The summed E-state index contributed by atoms with van der Waals surface area (Å²) in [5.41, 5.74) is 8.26. The minimum Gasteiger partial charge on any atom is -0.399 e. The van der Waals surface area contributed by atoms with Crippen LogP contribution in [-0.2, 0) is 4.79 Å². The third-order valence-electron chi connectivity index (χ3n) is 3.59. The van der Waals surface area contributed by atoms with Gasteiger partial charge in [-0.3, -0.25) is 9.69 Å². The highest BCUT2D eigenvalue weighted by atomic mass is 16.2. The van der Waals surface area contributed by atoms with E-state index in [1.165, 1.54) is 12.8 Å². The predicted molar refractivity (Wildman–Crippen MR) is 74.5 cm³/mol. The van der Waals surface area contributed by atoms with Crippen molar-refractivity contribution in [2.75, 3.05) is 24.1 Å². The summed E-state index contributed by atoms with van der Waals surface area (Å²) in [6.07, 6.45) is 2.38. The monoisotopic (exact) mass is 247 g/mol. The van der Waals surface area contributed by atoms with E-state index in [0.29, 0.717) is 5.69 Å². The number of benzene rings is 1. The Morgan fingerprint density at radius 1 is 1.39 bits per heavy atom. The van der Waals surface area contributed by atoms with Gasteiger partial charge in [0.1, 0.15) is 0 Å². The number of carbonyl (C=O) groups excluding carboxylic acids is 1. The molecule has 1 atom stereocenters. The third kappa shape index (κ3) is 2.82. The molecule has 0 bridgehead atoms. The number of anilines is 2. The number of rotatable bonds is 3. The van der Waals surface area contributed by atoms with Crippen LogP contribution in [0.2, 0.25) is 0 Å². The number of aryl methyl sites for hydroxylation is 1. The molecular formula is C14H21N3O. The first-order valence-corrected chi connectivity index (χ1v) is 6.49. The molecule has 0 spiro atoms. The molecule has 98 valence electrons. The van der Waals surface area contributed by atoms with Gasteiger partial charge in [-0.25, -0.2) is 0 Å². The molecule has 1 amide bonds. The second-order valence-corrected chi connectivity index (χ2v) is 4.98. The van der Waals surface area contributed by atoms with Gasteiger partial charge in [0.25, 0.3) is 0 Å². The van der Waals surface area contributed by atoms with Crippen molar-refractivity contribution in [2.45, 2.75) is 32.7 Å². The highest BCUT2D eigenvalue weighted by molar-refractivity contribution is 5.95. The standard InChI is InChI=1S/C14H21N3O/c1-10-5-6-12(15)9-13(10)16-14(18)11(2)17-7-3-4-8-17/h5-6,9,11H,3-4,7-8,15H2,1-2H3,(H,16,18). The number of nitrogens with two attached hydrogens (primary N) is 1. The number of hydrogen-bond acceptors (Lipinski definition) is 3. The van der Waals surface area contributed by atoms with Gasteiger partial charge in [0.15, 0.2) is 0 Å². The zero-order valence-electron chi connectivity index (χ0n) is 11.1. The van der Waals surface area contributed by atoms with Crippen molar-refractivity contribution in [1.82, 2.24) is 4.90 Å². The van der Waals surface area contributed by atoms with Gasteiger partial charge in [-0.15, -0.1) is 0 Å². The van der Waals surface area contributed by atoms with Crippen LogP contribution in [0.5, 0.6) is 0 Å². The fraction of sp³-hybridized carbons (Fsp3) is 0.500. The maximum Gasteiger partial charge on any atom is 0.241 e. The molecule has 1 aliphatic rings. The number of carbonyl (C=O) groups is 1. The average Bonchev–Trinajstić information content (AvgIpc) is 2.86. The fourth-order valence-electron chi connectivity index (χ4n) is 2.31. The van der Waals surface area contributed by atoms with E-state index in [1.54, 1.807) is 0 Å². The van der Waals surface area contributed by atoms with Crippen molar-refractivity contribution in [3.8, 4) is 0 Å². The van der Waals surface area contributed by atoms with Crippen molar-refractivity contribution in [1.29, 1.82) is 0 Å². The lowest BCUT2D eigenvalue weighted by Crippen LogP contribution is -2.40. The molecule has 1 aromatic rings. The van der Waals surface area contributed by atoms with Crippen LogP contribution in [0.3, 0.4) is 0 Å². The van der Waals surface area contributed by atoms with Gasteiger partial charge in [0.2, 0.25) is 5.91 Å². The van der Waals surface area contributed by atoms with Crippen molar-refractivity contribution in [2.24, 2.45) is 0 Å². The highest BCUT2D eigenvalue weighted by Crippen LogP contribution is 2.19. The molecule has 1 saturated heterocycles. The molecule has 2 rings (SSSR count). The van der Waals surface area contributed by atoms with Gasteiger partial charge in [-0.1, -0.05) is 6.07 Å². The molecule has 0 aromatic heterocycles. The Bertz CT molecular complexity index is 439. The van der Waals surface area contributed by atoms with Crippen LogP contribution in [0.25, 0.3) is 0 Å². The summed E-state index contributed by atoms with van der Waals surface area (Å²) < 4.78 is 0. The SMILES string of the molecule is Cc1ccc(N)cc1NC(=O)C(C)N1CCCC1. The molecule has 4 heteroatoms. The summed E-state index contributed by atoms with van der Waals surface area (Å²) in [7, 11) is 0. The van der Waals surface area contributed by atoms with Gasteiger partial charge in [0.05, 0.1) is 6.04 Å². The minimum absolute atomic E-state index is 0.0469. The molecule has 1 heterocycles. The fourth-order valence-corrected chi connectivity index (χ4v) is 2.31. The van der Waals surface area contributed by atoms with E-state index in [-0.39, 0.29) is 11.9 Å². The Morgan fingerprint density at radius 3 is 2.72 bits per heavy atom. The Hall–Kier alpha value is -1.55. The van der Waals surface area contributed by atoms with Crippen LogP contribution in [0.4, 0.5) is 11.4 Å². The largest absolute Gasteiger partial charge is 0.399 e. The molecule has 3 N–H and O–H groups in total. The smallest absolute Gasteiger partial charge is 0.241 e. The Kier molecular flexibility index (Phi) is 3.87. The topological polar surface area (TPSA) is 58.4 Å². The quantitative estimate of drug-likeness (QED) is 0.803. The van der Waals surface area contributed by atoms with Gasteiger partial charge >= 0.3 is 0 Å². The first-order valence-electron chi connectivity index (χ1n) is 6.49. The number of nitrogen functional groups attached to an aromatic ring is 1. The normalized spacial score (nSPS) is 17.7. The van der Waals surface area contributed by atoms with E-state index in [4.69, 9.17) is 5.73 Å². The van der Waals surface area contributed by atoms with E-state index in [0.717, 1.165) is 24.3 Å². The average molecular weight is 247 g/mol. The minimum atomic E-state index is -0.0756. The first-order chi connectivity index (χ1) is 8.58. The highest BCUT2D eigenvalue weighted by Gasteiger charge is 2.24. The molecule has 1 fully saturated rings. The van der Waals surface area contributed by atoms with Crippen molar-refractivity contribution in [3.63, 3.8) is 0 Å². The zero-order valence-corrected chi connectivity index (χ0v) is 11.1. The van der Waals surface area contributed by atoms with Gasteiger partial charge in [0, 0.05) is 11.4 Å². The van der Waals surface area contributed by atoms with E-state index < -0.39 is 0 Å². The van der Waals surface area contributed by atoms with Gasteiger partial charge < -0.3 is 11.1 Å². The lowest BCUT2D eigenvalue weighted by atomic mass is 10.1. The molecule has 1 aliphatic heterocycles. The van der Waals surface area contributed by atoms with Crippen molar-refractivity contribution in [3.05, 3.63) is 23.8 Å². The van der Waals surface area contributed by atoms with Crippen LogP contribution < -0.4 is 11.1 Å². The number of amides is 1. The molecule has 1 aromatic carbocycles. The Morgan fingerprint density at radius 2 is 2.06 bits per heavy atom. The molecular weight excluding hydrogens is 226 g/mol. The number of nitrogens with zero attached hydrogens (tertiary/aromatic N) is 1. The van der Waals surface area contributed by atoms with Crippen LogP contribution in [0, 0.1) is 6.92 Å². The van der Waals surface area contributed by atoms with Crippen molar-refractivity contribution >= 4 is 17.3 Å². The predicted octanol–water partition coefficient (Wildman–Crippen LogP) is 2.00. The van der Waals surface area contributed by atoms with Crippen molar-refractivity contribution < 1.29 is 4.79 Å². The Balaban J connectivity index is 2.03. The van der Waals surface area contributed by atoms with E-state index in [1.807, 2.05) is 32.0 Å². The molecule has 18 heavy (non-hydrogen) atoms. The molecule has 0 radical (unpaired) electrons. The van der Waals surface area contributed by atoms with Crippen LogP contribution >= 0.6 is 0 Å². The molecule has 0 saturated carbocycles. The number of nitrogens with one attached hydrogen (secondary N) is 1. The third-order valence-corrected chi connectivity index (χ3v) is 3.59. The van der Waals surface area contributed by atoms with Crippen LogP contribution in [0.15, 0.2) is 18.2 Å². The van der Waals surface area contributed by atoms with Crippen LogP contribution in [0.1, 0.15) is 25.3 Å². The molecule has 1 unspecified atom stereocenters. The number of hydrogen-bond donors (Lipinski definition) is 2. The molecule has 0 aliphatic carbocycles. The summed E-state index contributed by atoms with van der Waals surface area (Å²) in [6, 6.07) is 5.50. The van der Waals surface area contributed by atoms with E-state index in [9.17, 15) is 4.79 Å². The molecule has 4 nitrogen and oxygen atoms in total. The summed E-state index contributed by atoms with van der Waals surface area (Å²) in [6.45, 7) is 5.97. The maximum absolute atomic E-state index is 12.2. The lowest BCUT2D eigenvalue weighted by Gasteiger charge is -2.23. The van der Waals surface area contributed by atoms with Gasteiger partial charge in [-0.2, -0.15) is 0 Å². The summed E-state index contributed by atoms with van der Waals surface area (Å²) in [5.74, 6) is 0.0469. The second kappa shape index (κ2) is 5.40. The number of likely N-dealkylation sites (tertiary alicyclic amines) is 1. The maximum atomic E-state index is 12.2. The van der Waals surface area contributed by atoms with Gasteiger partial charge in [-0.05, 0) is 57.5 Å². The van der Waals surface area contributed by atoms with E-state index in [2.05, 4.69) is 10.2 Å². The van der Waals surface area contributed by atoms with Crippen LogP contribution in [-0.4, -0.2) is 29.9 Å². The summed E-state index contributed by atoms with van der Waals surface area (Å²) >= 11 is 0.